The molecule has 28 heavy (non-hydrogen) atoms. The molecule has 2 heterocycles. The molecule has 2 aromatic carbocycles. The highest BCUT2D eigenvalue weighted by Crippen LogP contribution is 2.30. The van der Waals surface area contributed by atoms with Crippen LogP contribution in [0.1, 0.15) is 18.1 Å². The maximum absolute atomic E-state index is 12.5. The topological polar surface area (TPSA) is 36.4 Å². The van der Waals surface area contributed by atoms with Crippen molar-refractivity contribution in [3.8, 4) is 0 Å². The molecule has 1 aromatic heterocycles. The number of rotatable bonds is 6. The van der Waals surface area contributed by atoms with Crippen LogP contribution in [0.15, 0.2) is 48.5 Å². The van der Waals surface area contributed by atoms with Crippen molar-refractivity contribution in [2.45, 2.75) is 19.1 Å². The van der Waals surface area contributed by atoms with Gasteiger partial charge in [-0.25, -0.2) is 4.98 Å². The monoisotopic (exact) mass is 411 g/mol. The molecule has 4 nitrogen and oxygen atoms in total. The summed E-state index contributed by atoms with van der Waals surface area (Å²) >= 11 is 3.46. The maximum atomic E-state index is 12.5. The predicted molar refractivity (Wildman–Crippen MR) is 120 cm³/mol. The zero-order valence-corrected chi connectivity index (χ0v) is 17.8. The molecule has 0 aliphatic carbocycles. The molecule has 6 heteroatoms. The fourth-order valence-corrected chi connectivity index (χ4v) is 5.35. The predicted octanol–water partition coefficient (Wildman–Crippen LogP) is 4.44. The molecule has 1 aliphatic rings. The summed E-state index contributed by atoms with van der Waals surface area (Å²) in [5.41, 5.74) is 3.70. The summed E-state index contributed by atoms with van der Waals surface area (Å²) in [5, 5.41) is 1.08. The van der Waals surface area contributed by atoms with Crippen molar-refractivity contribution >= 4 is 44.4 Å². The molecular weight excluding hydrogens is 386 g/mol. The lowest BCUT2D eigenvalue weighted by molar-refractivity contribution is -0.128. The first kappa shape index (κ1) is 19.3. The third-order valence-electron chi connectivity index (χ3n) is 5.09. The number of fused-ring (bicyclic) bond motifs is 1. The van der Waals surface area contributed by atoms with Crippen LogP contribution in [0.3, 0.4) is 0 Å². The van der Waals surface area contributed by atoms with Crippen LogP contribution in [0, 0.1) is 0 Å². The Morgan fingerprint density at radius 1 is 1.07 bits per heavy atom. The van der Waals surface area contributed by atoms with Crippen LogP contribution >= 0.6 is 23.1 Å². The quantitative estimate of drug-likeness (QED) is 0.601. The Morgan fingerprint density at radius 2 is 1.86 bits per heavy atom. The molecule has 1 saturated heterocycles. The molecule has 3 aromatic rings. The van der Waals surface area contributed by atoms with Gasteiger partial charge in [0.15, 0.2) is 5.13 Å². The molecule has 1 fully saturated rings. The molecule has 0 bridgehead atoms. The zero-order valence-electron chi connectivity index (χ0n) is 16.1. The number of anilines is 1. The minimum absolute atomic E-state index is 0.248. The summed E-state index contributed by atoms with van der Waals surface area (Å²) in [5.74, 6) is 1.69. The average Bonchev–Trinajstić information content (AvgIpc) is 3.18. The van der Waals surface area contributed by atoms with E-state index in [9.17, 15) is 4.79 Å². The summed E-state index contributed by atoms with van der Waals surface area (Å²) in [6.45, 7) is 5.45. The number of benzene rings is 2. The van der Waals surface area contributed by atoms with E-state index in [-0.39, 0.29) is 5.91 Å². The van der Waals surface area contributed by atoms with Crippen LogP contribution < -0.4 is 4.90 Å². The lowest BCUT2D eigenvalue weighted by Crippen LogP contribution is -2.49. The van der Waals surface area contributed by atoms with E-state index in [0.29, 0.717) is 5.75 Å². The van der Waals surface area contributed by atoms with E-state index in [0.717, 1.165) is 49.0 Å². The van der Waals surface area contributed by atoms with Gasteiger partial charge in [0, 0.05) is 31.9 Å². The van der Waals surface area contributed by atoms with E-state index >= 15 is 0 Å². The number of piperazine rings is 1. The summed E-state index contributed by atoms with van der Waals surface area (Å²) in [4.78, 5) is 21.6. The number of carbonyl (C=O) groups excluding carboxylic acids is 1. The van der Waals surface area contributed by atoms with Crippen LogP contribution in [0.2, 0.25) is 0 Å². The van der Waals surface area contributed by atoms with Crippen LogP contribution in [0.25, 0.3) is 10.2 Å². The molecule has 146 valence electrons. The number of aromatic nitrogens is 1. The number of hydrogen-bond acceptors (Lipinski definition) is 5. The van der Waals surface area contributed by atoms with Crippen molar-refractivity contribution in [3.63, 3.8) is 0 Å². The lowest BCUT2D eigenvalue weighted by Gasteiger charge is -2.34. The molecule has 0 atom stereocenters. The van der Waals surface area contributed by atoms with E-state index in [4.69, 9.17) is 4.98 Å². The Kier molecular flexibility index (Phi) is 6.17. The van der Waals surface area contributed by atoms with Gasteiger partial charge in [-0.1, -0.05) is 54.7 Å². The Labute approximate surface area is 174 Å². The van der Waals surface area contributed by atoms with Gasteiger partial charge in [-0.15, -0.1) is 11.8 Å². The second-order valence-corrected chi connectivity index (χ2v) is 8.99. The highest BCUT2D eigenvalue weighted by molar-refractivity contribution is 7.99. The third-order valence-corrected chi connectivity index (χ3v) is 7.16. The minimum atomic E-state index is 0.248. The van der Waals surface area contributed by atoms with Gasteiger partial charge in [0.05, 0.1) is 16.0 Å². The van der Waals surface area contributed by atoms with Crippen molar-refractivity contribution in [1.29, 1.82) is 0 Å². The molecule has 1 aliphatic heterocycles. The third kappa shape index (κ3) is 4.50. The van der Waals surface area contributed by atoms with Gasteiger partial charge in [0.25, 0.3) is 0 Å². The largest absolute Gasteiger partial charge is 0.345 e. The fraction of sp³-hybridized carbons (Fsp3) is 0.364. The standard InChI is InChI=1S/C22H25N3OS2/c1-2-17-8-9-19-20(14-17)28-22(23-19)25-12-10-24(11-13-25)21(26)16-27-15-18-6-4-3-5-7-18/h3-9,14H,2,10-13,15-16H2,1H3. The van der Waals surface area contributed by atoms with Gasteiger partial charge in [0.1, 0.15) is 0 Å². The van der Waals surface area contributed by atoms with E-state index in [1.807, 2.05) is 23.1 Å². The molecule has 0 unspecified atom stereocenters. The molecule has 1 amide bonds. The number of aryl methyl sites for hydroxylation is 1. The summed E-state index contributed by atoms with van der Waals surface area (Å²) < 4.78 is 1.25. The van der Waals surface area contributed by atoms with E-state index in [1.54, 1.807) is 23.1 Å². The number of amides is 1. The molecule has 0 radical (unpaired) electrons. The van der Waals surface area contributed by atoms with Gasteiger partial charge >= 0.3 is 0 Å². The minimum Gasteiger partial charge on any atom is -0.345 e. The SMILES string of the molecule is CCc1ccc2nc(N3CCN(C(=O)CSCc4ccccc4)CC3)sc2c1. The highest BCUT2D eigenvalue weighted by atomic mass is 32.2. The highest BCUT2D eigenvalue weighted by Gasteiger charge is 2.23. The number of nitrogens with zero attached hydrogens (tertiary/aromatic N) is 3. The second kappa shape index (κ2) is 8.97. The normalized spacial score (nSPS) is 14.6. The van der Waals surface area contributed by atoms with Crippen LogP contribution in [0.5, 0.6) is 0 Å². The molecular formula is C22H25N3OS2. The maximum Gasteiger partial charge on any atom is 0.232 e. The number of thioether (sulfide) groups is 1. The summed E-state index contributed by atoms with van der Waals surface area (Å²) in [6, 6.07) is 16.9. The summed E-state index contributed by atoms with van der Waals surface area (Å²) in [6.07, 6.45) is 1.05. The molecule has 4 rings (SSSR count). The van der Waals surface area contributed by atoms with Crippen LogP contribution in [-0.4, -0.2) is 47.7 Å². The Hall–Kier alpha value is -2.05. The van der Waals surface area contributed by atoms with Crippen LogP contribution in [-0.2, 0) is 17.0 Å². The molecule has 0 saturated carbocycles. The van der Waals surface area contributed by atoms with Crippen molar-refractivity contribution in [1.82, 2.24) is 9.88 Å². The van der Waals surface area contributed by atoms with E-state index in [1.165, 1.54) is 15.8 Å². The first-order valence-electron chi connectivity index (χ1n) is 9.77. The van der Waals surface area contributed by atoms with Crippen molar-refractivity contribution < 1.29 is 4.79 Å². The van der Waals surface area contributed by atoms with Gasteiger partial charge in [0.2, 0.25) is 5.91 Å². The van der Waals surface area contributed by atoms with Gasteiger partial charge in [-0.2, -0.15) is 0 Å². The van der Waals surface area contributed by atoms with Crippen molar-refractivity contribution in [2.24, 2.45) is 0 Å². The summed E-state index contributed by atoms with van der Waals surface area (Å²) in [7, 11) is 0. The van der Waals surface area contributed by atoms with Crippen LogP contribution in [0.4, 0.5) is 5.13 Å². The van der Waals surface area contributed by atoms with E-state index < -0.39 is 0 Å². The van der Waals surface area contributed by atoms with E-state index in [2.05, 4.69) is 42.2 Å². The second-order valence-electron chi connectivity index (χ2n) is 7.00. The average molecular weight is 412 g/mol. The van der Waals surface area contributed by atoms with Gasteiger partial charge in [-0.05, 0) is 29.7 Å². The first-order chi connectivity index (χ1) is 13.7. The molecule has 0 spiro atoms. The Morgan fingerprint density at radius 3 is 2.61 bits per heavy atom. The lowest BCUT2D eigenvalue weighted by atomic mass is 10.2. The fourth-order valence-electron chi connectivity index (χ4n) is 3.38. The number of hydrogen-bond donors (Lipinski definition) is 0. The smallest absolute Gasteiger partial charge is 0.232 e. The molecule has 0 N–H and O–H groups in total. The first-order valence-corrected chi connectivity index (χ1v) is 11.7. The van der Waals surface area contributed by atoms with Crippen molar-refractivity contribution in [2.75, 3.05) is 36.8 Å². The Balaban J connectivity index is 1.28. The van der Waals surface area contributed by atoms with Crippen molar-refractivity contribution in [3.05, 3.63) is 59.7 Å². The number of thiazole rings is 1. The van der Waals surface area contributed by atoms with Gasteiger partial charge < -0.3 is 9.80 Å². The number of carbonyl (C=O) groups is 1. The zero-order chi connectivity index (χ0) is 19.3. The van der Waals surface area contributed by atoms with Gasteiger partial charge in [-0.3, -0.25) is 4.79 Å². The Bertz CT molecular complexity index is 933.